The maximum atomic E-state index is 11.9. The monoisotopic (exact) mass is 297 g/mol. The molecule has 0 bridgehead atoms. The lowest BCUT2D eigenvalue weighted by atomic mass is 9.93. The minimum absolute atomic E-state index is 0.0533. The lowest BCUT2D eigenvalue weighted by Crippen LogP contribution is -2.32. The molecule has 1 fully saturated rings. The van der Waals surface area contributed by atoms with E-state index in [9.17, 15) is 4.79 Å². The van der Waals surface area contributed by atoms with Crippen LogP contribution >= 0.6 is 23.6 Å². The maximum absolute atomic E-state index is 11.9. The van der Waals surface area contributed by atoms with Crippen molar-refractivity contribution in [2.24, 2.45) is 0 Å². The molecule has 1 atom stereocenters. The highest BCUT2D eigenvalue weighted by Gasteiger charge is 2.31. The Balaban J connectivity index is 1.98. The Bertz CT molecular complexity index is 504. The van der Waals surface area contributed by atoms with E-state index in [4.69, 9.17) is 12.2 Å². The van der Waals surface area contributed by atoms with Crippen LogP contribution < -0.4 is 5.32 Å². The van der Waals surface area contributed by atoms with Crippen molar-refractivity contribution in [2.45, 2.75) is 45.6 Å². The van der Waals surface area contributed by atoms with E-state index in [2.05, 4.69) is 36.5 Å². The zero-order chi connectivity index (χ0) is 14.2. The lowest BCUT2D eigenvalue weighted by Gasteiger charge is -2.15. The third-order valence-corrected chi connectivity index (χ3v) is 4.34. The van der Waals surface area contributed by atoms with Crippen LogP contribution in [0.2, 0.25) is 0 Å². The number of rotatable bonds is 3. The van der Waals surface area contributed by atoms with Crippen LogP contribution in [0.1, 0.15) is 38.4 Å². The van der Waals surface area contributed by atoms with Crippen molar-refractivity contribution in [3.05, 3.63) is 16.1 Å². The number of hydrogen-bond acceptors (Lipinski definition) is 4. The second-order valence-corrected chi connectivity index (χ2v) is 7.12. The standard InChI is InChI=1S/C13H19N3OS2/c1-8-11(17)16(12(18)14-8)6-5-10-15-9(7-19-10)13(2,3)4/h7-8H,5-6H2,1-4H3,(H,14,18). The summed E-state index contributed by atoms with van der Waals surface area (Å²) in [6.45, 7) is 8.88. The second-order valence-electron chi connectivity index (χ2n) is 5.79. The molecule has 19 heavy (non-hydrogen) atoms. The summed E-state index contributed by atoms with van der Waals surface area (Å²) < 4.78 is 0. The summed E-state index contributed by atoms with van der Waals surface area (Å²) in [5, 5.41) is 6.66. The van der Waals surface area contributed by atoms with Crippen LogP contribution in [0.4, 0.5) is 0 Å². The Morgan fingerprint density at radius 1 is 1.53 bits per heavy atom. The van der Waals surface area contributed by atoms with Gasteiger partial charge in [0.1, 0.15) is 6.04 Å². The summed E-state index contributed by atoms with van der Waals surface area (Å²) in [6.07, 6.45) is 0.751. The Morgan fingerprint density at radius 3 is 2.68 bits per heavy atom. The third-order valence-electron chi connectivity index (χ3n) is 3.09. The summed E-state index contributed by atoms with van der Waals surface area (Å²) in [6, 6.07) is -0.200. The fourth-order valence-corrected chi connectivity index (χ4v) is 3.22. The molecule has 1 N–H and O–H groups in total. The van der Waals surface area contributed by atoms with Gasteiger partial charge in [-0.1, -0.05) is 20.8 Å². The molecule has 1 unspecified atom stereocenters. The molecule has 6 heteroatoms. The van der Waals surface area contributed by atoms with Gasteiger partial charge in [0.15, 0.2) is 5.11 Å². The Morgan fingerprint density at radius 2 is 2.21 bits per heavy atom. The van der Waals surface area contributed by atoms with Gasteiger partial charge >= 0.3 is 0 Å². The first-order chi connectivity index (χ1) is 8.79. The van der Waals surface area contributed by atoms with Gasteiger partial charge in [-0.25, -0.2) is 4.98 Å². The number of nitrogens with one attached hydrogen (secondary N) is 1. The van der Waals surface area contributed by atoms with Gasteiger partial charge < -0.3 is 5.32 Å². The van der Waals surface area contributed by atoms with Gasteiger partial charge in [0.05, 0.1) is 10.7 Å². The lowest BCUT2D eigenvalue weighted by molar-refractivity contribution is -0.126. The van der Waals surface area contributed by atoms with Gasteiger partial charge in [-0.3, -0.25) is 9.69 Å². The van der Waals surface area contributed by atoms with E-state index in [1.54, 1.807) is 16.2 Å². The average molecular weight is 297 g/mol. The van der Waals surface area contributed by atoms with Crippen LogP contribution in [0.15, 0.2) is 5.38 Å². The van der Waals surface area contributed by atoms with Crippen molar-refractivity contribution >= 4 is 34.6 Å². The molecule has 1 aromatic heterocycles. The summed E-state index contributed by atoms with van der Waals surface area (Å²) in [7, 11) is 0. The van der Waals surface area contributed by atoms with E-state index in [0.717, 1.165) is 17.1 Å². The number of carbonyl (C=O) groups is 1. The molecule has 0 aromatic carbocycles. The Labute approximate surface area is 123 Å². The molecule has 0 saturated carbocycles. The molecule has 1 amide bonds. The van der Waals surface area contributed by atoms with Crippen LogP contribution in [0, 0.1) is 0 Å². The molecule has 2 heterocycles. The Kier molecular flexibility index (Phi) is 3.92. The van der Waals surface area contributed by atoms with Gasteiger partial charge in [0, 0.05) is 23.8 Å². The molecular weight excluding hydrogens is 278 g/mol. The van der Waals surface area contributed by atoms with Crippen molar-refractivity contribution < 1.29 is 4.79 Å². The summed E-state index contributed by atoms with van der Waals surface area (Å²) >= 11 is 6.80. The third kappa shape index (κ3) is 3.12. The first kappa shape index (κ1) is 14.4. The summed E-state index contributed by atoms with van der Waals surface area (Å²) in [4.78, 5) is 18.1. The minimum Gasteiger partial charge on any atom is -0.351 e. The van der Waals surface area contributed by atoms with E-state index in [1.165, 1.54) is 0 Å². The Hall–Kier alpha value is -1.01. The van der Waals surface area contributed by atoms with E-state index in [-0.39, 0.29) is 17.4 Å². The summed E-state index contributed by atoms with van der Waals surface area (Å²) in [5.41, 5.74) is 1.18. The number of hydrogen-bond donors (Lipinski definition) is 1. The molecule has 2 rings (SSSR count). The molecule has 104 valence electrons. The number of amides is 1. The van der Waals surface area contributed by atoms with Gasteiger partial charge in [-0.15, -0.1) is 11.3 Å². The maximum Gasteiger partial charge on any atom is 0.251 e. The highest BCUT2D eigenvalue weighted by molar-refractivity contribution is 7.80. The number of aromatic nitrogens is 1. The van der Waals surface area contributed by atoms with Crippen molar-refractivity contribution in [3.63, 3.8) is 0 Å². The molecule has 0 radical (unpaired) electrons. The predicted octanol–water partition coefficient (Wildman–Crippen LogP) is 2.09. The van der Waals surface area contributed by atoms with Crippen LogP contribution in [0.5, 0.6) is 0 Å². The number of thiazole rings is 1. The van der Waals surface area contributed by atoms with Crippen LogP contribution in [-0.2, 0) is 16.6 Å². The largest absolute Gasteiger partial charge is 0.351 e. The molecular formula is C13H19N3OS2. The molecule has 1 aromatic rings. The van der Waals surface area contributed by atoms with E-state index in [0.29, 0.717) is 11.7 Å². The van der Waals surface area contributed by atoms with Crippen molar-refractivity contribution in [2.75, 3.05) is 6.54 Å². The van der Waals surface area contributed by atoms with Crippen LogP contribution in [0.3, 0.4) is 0 Å². The molecule has 1 aliphatic heterocycles. The molecule has 0 aliphatic carbocycles. The van der Waals surface area contributed by atoms with Crippen molar-refractivity contribution in [3.8, 4) is 0 Å². The fourth-order valence-electron chi connectivity index (χ4n) is 1.85. The van der Waals surface area contributed by atoms with Crippen LogP contribution in [0.25, 0.3) is 0 Å². The quantitative estimate of drug-likeness (QED) is 0.868. The van der Waals surface area contributed by atoms with Gasteiger partial charge in [0.25, 0.3) is 5.91 Å². The van der Waals surface area contributed by atoms with E-state index < -0.39 is 0 Å². The molecule has 0 spiro atoms. The van der Waals surface area contributed by atoms with Crippen molar-refractivity contribution in [1.29, 1.82) is 0 Å². The minimum atomic E-state index is -0.200. The second kappa shape index (κ2) is 5.17. The number of thiocarbonyl (C=S) groups is 1. The zero-order valence-electron chi connectivity index (χ0n) is 11.7. The van der Waals surface area contributed by atoms with E-state index >= 15 is 0 Å². The zero-order valence-corrected chi connectivity index (χ0v) is 13.3. The van der Waals surface area contributed by atoms with Gasteiger partial charge in [-0.05, 0) is 19.1 Å². The van der Waals surface area contributed by atoms with Crippen LogP contribution in [-0.4, -0.2) is 33.5 Å². The predicted molar refractivity (Wildman–Crippen MR) is 81.4 cm³/mol. The molecule has 4 nitrogen and oxygen atoms in total. The normalized spacial score (nSPS) is 20.0. The van der Waals surface area contributed by atoms with Crippen molar-refractivity contribution in [1.82, 2.24) is 15.2 Å². The highest BCUT2D eigenvalue weighted by Crippen LogP contribution is 2.24. The SMILES string of the molecule is CC1NC(=S)N(CCc2nc(C(C)(C)C)cs2)C1=O. The summed E-state index contributed by atoms with van der Waals surface area (Å²) in [5.74, 6) is 0.0533. The fraction of sp³-hybridized carbons (Fsp3) is 0.615. The molecule has 1 aliphatic rings. The first-order valence-corrected chi connectivity index (χ1v) is 7.64. The smallest absolute Gasteiger partial charge is 0.251 e. The number of nitrogens with zero attached hydrogens (tertiary/aromatic N) is 2. The van der Waals surface area contributed by atoms with Gasteiger partial charge in [0.2, 0.25) is 0 Å². The first-order valence-electron chi connectivity index (χ1n) is 6.36. The van der Waals surface area contributed by atoms with Gasteiger partial charge in [-0.2, -0.15) is 0 Å². The topological polar surface area (TPSA) is 45.2 Å². The van der Waals surface area contributed by atoms with E-state index in [1.807, 2.05) is 6.92 Å². The highest BCUT2D eigenvalue weighted by atomic mass is 32.1. The average Bonchev–Trinajstić information content (AvgIpc) is 2.84. The number of carbonyl (C=O) groups excluding carboxylic acids is 1. The molecule has 1 saturated heterocycles.